The molecule has 0 aliphatic rings. The maximum absolute atomic E-state index is 12.3. The molecule has 0 bridgehead atoms. The Labute approximate surface area is 171 Å². The minimum atomic E-state index is -0.458. The Bertz CT molecular complexity index is 977. The molecule has 3 aromatic rings. The van der Waals surface area contributed by atoms with Crippen LogP contribution in [0.5, 0.6) is 0 Å². The van der Waals surface area contributed by atoms with Crippen LogP contribution in [0.2, 0.25) is 0 Å². The first kappa shape index (κ1) is 20.2. The minimum absolute atomic E-state index is 0.192. The van der Waals surface area contributed by atoms with Gasteiger partial charge in [-0.05, 0) is 37.6 Å². The number of amides is 1. The molecule has 0 unspecified atom stereocenters. The Kier molecular flexibility index (Phi) is 6.53. The lowest BCUT2D eigenvalue weighted by Gasteiger charge is -2.05. The number of hydrogen-bond acceptors (Lipinski definition) is 7. The summed E-state index contributed by atoms with van der Waals surface area (Å²) in [6, 6.07) is 9.06. The molecule has 0 atom stereocenters. The summed E-state index contributed by atoms with van der Waals surface area (Å²) >= 11 is 3.32. The summed E-state index contributed by atoms with van der Waals surface area (Å²) in [5.41, 5.74) is 3.09. The van der Waals surface area contributed by atoms with E-state index in [-0.39, 0.29) is 12.5 Å². The number of furan rings is 1. The van der Waals surface area contributed by atoms with Gasteiger partial charge in [0.2, 0.25) is 0 Å². The number of thioether (sulfide) groups is 1. The fraction of sp³-hybridized carbons (Fsp3) is 0.250. The van der Waals surface area contributed by atoms with Gasteiger partial charge < -0.3 is 14.5 Å². The number of hydrogen-bond donors (Lipinski definition) is 1. The maximum Gasteiger partial charge on any atom is 0.341 e. The van der Waals surface area contributed by atoms with Gasteiger partial charge in [0.05, 0.1) is 13.7 Å². The molecule has 1 amide bonds. The van der Waals surface area contributed by atoms with Crippen molar-refractivity contribution in [3.8, 4) is 0 Å². The zero-order chi connectivity index (χ0) is 20.1. The summed E-state index contributed by atoms with van der Waals surface area (Å²) in [4.78, 5) is 28.4. The van der Waals surface area contributed by atoms with Crippen LogP contribution in [0.15, 0.2) is 44.5 Å². The molecule has 3 rings (SSSR count). The van der Waals surface area contributed by atoms with Gasteiger partial charge in [0, 0.05) is 22.4 Å². The van der Waals surface area contributed by atoms with E-state index in [9.17, 15) is 9.59 Å². The van der Waals surface area contributed by atoms with Gasteiger partial charge in [-0.1, -0.05) is 23.9 Å². The number of esters is 1. The van der Waals surface area contributed by atoms with Crippen molar-refractivity contribution >= 4 is 35.0 Å². The summed E-state index contributed by atoms with van der Waals surface area (Å²) < 4.78 is 11.2. The quantitative estimate of drug-likeness (QED) is 0.455. The Morgan fingerprint density at radius 1 is 1.25 bits per heavy atom. The van der Waals surface area contributed by atoms with Gasteiger partial charge >= 0.3 is 5.97 Å². The van der Waals surface area contributed by atoms with Crippen molar-refractivity contribution < 1.29 is 18.7 Å². The first-order valence-corrected chi connectivity index (χ1v) is 10.4. The zero-order valence-corrected chi connectivity index (χ0v) is 17.4. The molecule has 0 spiro atoms. The van der Waals surface area contributed by atoms with Crippen LogP contribution in [0, 0.1) is 13.8 Å². The number of aryl methyl sites for hydroxylation is 2. The number of nitrogens with zero attached hydrogens (tertiary/aromatic N) is 1. The van der Waals surface area contributed by atoms with Gasteiger partial charge in [-0.2, -0.15) is 0 Å². The molecule has 0 saturated heterocycles. The number of nitrogens with one attached hydrogen (secondary N) is 1. The maximum atomic E-state index is 12.3. The molecule has 146 valence electrons. The minimum Gasteiger partial charge on any atom is -0.465 e. The SMILES string of the molecule is COC(=O)c1cc(CNC(=O)c2ccc(CSc3nc(C)cs3)cc2)oc1C. The zero-order valence-electron chi connectivity index (χ0n) is 15.8. The number of carbonyl (C=O) groups is 2. The third-order valence-corrected chi connectivity index (χ3v) is 6.18. The van der Waals surface area contributed by atoms with Crippen molar-refractivity contribution in [3.63, 3.8) is 0 Å². The van der Waals surface area contributed by atoms with Crippen LogP contribution in [0.3, 0.4) is 0 Å². The Hall–Kier alpha value is -2.58. The highest BCUT2D eigenvalue weighted by molar-refractivity contribution is 8.00. The molecular formula is C20H20N2O4S2. The van der Waals surface area contributed by atoms with E-state index in [1.807, 2.05) is 24.4 Å². The van der Waals surface area contributed by atoms with E-state index in [1.165, 1.54) is 7.11 Å². The van der Waals surface area contributed by atoms with E-state index < -0.39 is 5.97 Å². The Balaban J connectivity index is 1.54. The number of thiazole rings is 1. The lowest BCUT2D eigenvalue weighted by atomic mass is 10.1. The summed E-state index contributed by atoms with van der Waals surface area (Å²) in [7, 11) is 1.32. The predicted molar refractivity (Wildman–Crippen MR) is 109 cm³/mol. The van der Waals surface area contributed by atoms with Gasteiger partial charge in [-0.15, -0.1) is 11.3 Å². The highest BCUT2D eigenvalue weighted by Gasteiger charge is 2.16. The average Bonchev–Trinajstić information content (AvgIpc) is 3.29. The first-order chi connectivity index (χ1) is 13.5. The molecule has 0 fully saturated rings. The lowest BCUT2D eigenvalue weighted by Crippen LogP contribution is -2.22. The third-order valence-electron chi connectivity index (χ3n) is 3.97. The van der Waals surface area contributed by atoms with Crippen molar-refractivity contribution in [2.45, 2.75) is 30.5 Å². The fourth-order valence-corrected chi connectivity index (χ4v) is 4.31. The molecule has 2 heterocycles. The van der Waals surface area contributed by atoms with Crippen molar-refractivity contribution in [3.05, 3.63) is 69.6 Å². The van der Waals surface area contributed by atoms with Gasteiger partial charge in [0.15, 0.2) is 0 Å². The molecule has 1 N–H and O–H groups in total. The predicted octanol–water partition coefficient (Wildman–Crippen LogP) is 4.36. The number of ether oxygens (including phenoxy) is 1. The molecule has 0 aliphatic carbocycles. The van der Waals surface area contributed by atoms with E-state index >= 15 is 0 Å². The summed E-state index contributed by atoms with van der Waals surface area (Å²) in [6.45, 7) is 3.85. The summed E-state index contributed by atoms with van der Waals surface area (Å²) in [6.07, 6.45) is 0. The topological polar surface area (TPSA) is 81.4 Å². The number of rotatable bonds is 7. The van der Waals surface area contributed by atoms with E-state index in [0.29, 0.717) is 22.6 Å². The van der Waals surface area contributed by atoms with E-state index in [1.54, 1.807) is 48.2 Å². The van der Waals surface area contributed by atoms with Crippen LogP contribution in [0.1, 0.15) is 43.5 Å². The van der Waals surface area contributed by atoms with Crippen LogP contribution in [0.4, 0.5) is 0 Å². The second-order valence-electron chi connectivity index (χ2n) is 6.10. The van der Waals surface area contributed by atoms with Crippen LogP contribution in [-0.2, 0) is 17.0 Å². The molecular weight excluding hydrogens is 396 g/mol. The molecule has 6 nitrogen and oxygen atoms in total. The van der Waals surface area contributed by atoms with Gasteiger partial charge in [-0.25, -0.2) is 9.78 Å². The third kappa shape index (κ3) is 5.02. The largest absolute Gasteiger partial charge is 0.465 e. The molecule has 2 aromatic heterocycles. The fourth-order valence-electron chi connectivity index (χ4n) is 2.51. The molecule has 28 heavy (non-hydrogen) atoms. The summed E-state index contributed by atoms with van der Waals surface area (Å²) in [5, 5.41) is 4.83. The second kappa shape index (κ2) is 9.07. The van der Waals surface area contributed by atoms with Gasteiger partial charge in [0.25, 0.3) is 5.91 Å². The van der Waals surface area contributed by atoms with E-state index in [2.05, 4.69) is 10.3 Å². The number of aromatic nitrogens is 1. The van der Waals surface area contributed by atoms with Crippen molar-refractivity contribution in [2.75, 3.05) is 7.11 Å². The first-order valence-electron chi connectivity index (χ1n) is 8.56. The normalized spacial score (nSPS) is 10.7. The van der Waals surface area contributed by atoms with Crippen molar-refractivity contribution in [1.29, 1.82) is 0 Å². The van der Waals surface area contributed by atoms with E-state index in [0.717, 1.165) is 21.3 Å². The van der Waals surface area contributed by atoms with Crippen LogP contribution in [0.25, 0.3) is 0 Å². The highest BCUT2D eigenvalue weighted by Crippen LogP contribution is 2.26. The van der Waals surface area contributed by atoms with Crippen LogP contribution in [-0.4, -0.2) is 24.0 Å². The average molecular weight is 417 g/mol. The monoisotopic (exact) mass is 416 g/mol. The number of carbonyl (C=O) groups excluding carboxylic acids is 2. The second-order valence-corrected chi connectivity index (χ2v) is 8.18. The molecule has 1 aromatic carbocycles. The number of benzene rings is 1. The standard InChI is InChI=1S/C20H20N2O4S2/c1-12-10-27-20(22-12)28-11-14-4-6-15(7-5-14)18(23)21-9-16-8-17(13(2)26-16)19(24)25-3/h4-8,10H,9,11H2,1-3H3,(H,21,23). The van der Waals surface area contributed by atoms with Gasteiger partial charge in [0.1, 0.15) is 21.4 Å². The summed E-state index contributed by atoms with van der Waals surface area (Å²) in [5.74, 6) is 1.10. The van der Waals surface area contributed by atoms with Crippen molar-refractivity contribution in [2.24, 2.45) is 0 Å². The Morgan fingerprint density at radius 3 is 2.64 bits per heavy atom. The highest BCUT2D eigenvalue weighted by atomic mass is 32.2. The molecule has 0 aliphatic heterocycles. The van der Waals surface area contributed by atoms with E-state index in [4.69, 9.17) is 9.15 Å². The molecule has 0 saturated carbocycles. The molecule has 0 radical (unpaired) electrons. The van der Waals surface area contributed by atoms with Crippen LogP contribution < -0.4 is 5.32 Å². The smallest absolute Gasteiger partial charge is 0.341 e. The number of methoxy groups -OCH3 is 1. The van der Waals surface area contributed by atoms with Crippen molar-refractivity contribution in [1.82, 2.24) is 10.3 Å². The lowest BCUT2D eigenvalue weighted by molar-refractivity contribution is 0.0598. The Morgan fingerprint density at radius 2 is 2.00 bits per heavy atom. The van der Waals surface area contributed by atoms with Gasteiger partial charge in [-0.3, -0.25) is 4.79 Å². The molecule has 8 heteroatoms. The van der Waals surface area contributed by atoms with Crippen LogP contribution >= 0.6 is 23.1 Å².